The van der Waals surface area contributed by atoms with Crippen molar-refractivity contribution in [2.24, 2.45) is 5.73 Å². The summed E-state index contributed by atoms with van der Waals surface area (Å²) < 4.78 is -0.312. The second-order valence-electron chi connectivity index (χ2n) is 4.32. The Kier molecular flexibility index (Phi) is 1.19. The van der Waals surface area contributed by atoms with Crippen molar-refractivity contribution in [3.05, 3.63) is 0 Å². The number of amides is 1. The number of nitrogens with zero attached hydrogens (tertiary/aromatic N) is 1. The quantitative estimate of drug-likeness (QED) is 0.559. The maximum absolute atomic E-state index is 11.5. The second-order valence-corrected chi connectivity index (χ2v) is 5.94. The number of carbonyl (C=O) groups is 2. The number of hydrogen-bond acceptors (Lipinski definition) is 4. The van der Waals surface area contributed by atoms with Gasteiger partial charge in [-0.3, -0.25) is 4.79 Å². The van der Waals surface area contributed by atoms with Gasteiger partial charge in [-0.15, -0.1) is 11.8 Å². The molecule has 3 aliphatic rings. The third-order valence-electron chi connectivity index (χ3n) is 3.57. The van der Waals surface area contributed by atoms with Crippen molar-refractivity contribution in [2.75, 3.05) is 0 Å². The van der Waals surface area contributed by atoms with E-state index >= 15 is 0 Å². The van der Waals surface area contributed by atoms with Gasteiger partial charge >= 0.3 is 5.97 Å². The Bertz CT molecular complexity index is 374. The van der Waals surface area contributed by atoms with E-state index in [1.54, 1.807) is 0 Å². The van der Waals surface area contributed by atoms with Gasteiger partial charge in [-0.2, -0.15) is 0 Å². The molecule has 2 aliphatic heterocycles. The lowest BCUT2D eigenvalue weighted by Crippen LogP contribution is -2.70. The Morgan fingerprint density at radius 1 is 1.79 bits per heavy atom. The number of carboxylic acid groups (broad SMARTS) is 1. The first kappa shape index (κ1) is 8.55. The number of carbonyl (C=O) groups excluding carboxylic acids is 1. The highest BCUT2D eigenvalue weighted by Gasteiger charge is 2.84. The minimum atomic E-state index is -0.949. The van der Waals surface area contributed by atoms with E-state index in [1.165, 1.54) is 16.7 Å². The number of thioether (sulfide) groups is 1. The molecule has 6 heteroatoms. The standard InChI is InChI=1S/C8H10N2O3S/c1-7-2-8(7,6(12)13)10-4(11)3(9)5(10)14-7/h3,5H,2,9H2,1H3,(H,12,13)/t3?,5-,7?,8?/m1/s1. The molecule has 3 rings (SSSR count). The molecule has 1 aliphatic carbocycles. The lowest BCUT2D eigenvalue weighted by atomic mass is 10.0. The highest BCUT2D eigenvalue weighted by atomic mass is 32.2. The summed E-state index contributed by atoms with van der Waals surface area (Å²) in [5.41, 5.74) is 4.65. The van der Waals surface area contributed by atoms with Crippen molar-refractivity contribution in [1.82, 2.24) is 4.90 Å². The van der Waals surface area contributed by atoms with Gasteiger partial charge in [-0.25, -0.2) is 4.79 Å². The minimum absolute atomic E-state index is 0.114. The zero-order valence-corrected chi connectivity index (χ0v) is 8.37. The van der Waals surface area contributed by atoms with Crippen molar-refractivity contribution in [2.45, 2.75) is 35.0 Å². The highest BCUT2D eigenvalue weighted by molar-refractivity contribution is 8.02. The molecule has 3 unspecified atom stereocenters. The van der Waals surface area contributed by atoms with E-state index in [4.69, 9.17) is 10.8 Å². The van der Waals surface area contributed by atoms with Crippen LogP contribution in [0.25, 0.3) is 0 Å². The van der Waals surface area contributed by atoms with Crippen LogP contribution in [0.3, 0.4) is 0 Å². The third-order valence-corrected chi connectivity index (χ3v) is 5.32. The van der Waals surface area contributed by atoms with E-state index in [-0.39, 0.29) is 16.0 Å². The van der Waals surface area contributed by atoms with Crippen molar-refractivity contribution < 1.29 is 14.7 Å². The second kappa shape index (κ2) is 1.94. The molecule has 5 nitrogen and oxygen atoms in total. The van der Waals surface area contributed by atoms with E-state index in [1.807, 2.05) is 6.92 Å². The van der Waals surface area contributed by atoms with Gasteiger partial charge in [-0.1, -0.05) is 0 Å². The lowest BCUT2D eigenvalue weighted by Gasteiger charge is -2.43. The molecule has 1 saturated carbocycles. The van der Waals surface area contributed by atoms with Crippen LogP contribution in [0, 0.1) is 0 Å². The van der Waals surface area contributed by atoms with Gasteiger partial charge in [0.25, 0.3) is 0 Å². The van der Waals surface area contributed by atoms with Crippen LogP contribution in [0.2, 0.25) is 0 Å². The number of carboxylic acids is 1. The van der Waals surface area contributed by atoms with Crippen molar-refractivity contribution in [3.63, 3.8) is 0 Å². The maximum Gasteiger partial charge on any atom is 0.331 e. The number of β-lactam (4-membered cyclic amide) rings is 1. The SMILES string of the molecule is CC12CC1(C(=O)O)N1C(=O)C(N)[C@H]1S2. The van der Waals surface area contributed by atoms with E-state index in [9.17, 15) is 9.59 Å². The fourth-order valence-electron chi connectivity index (χ4n) is 2.61. The molecule has 2 heterocycles. The van der Waals surface area contributed by atoms with Gasteiger partial charge in [-0.05, 0) is 6.92 Å². The summed E-state index contributed by atoms with van der Waals surface area (Å²) in [5.74, 6) is -1.11. The number of rotatable bonds is 1. The molecule has 1 amide bonds. The van der Waals surface area contributed by atoms with Gasteiger partial charge in [0, 0.05) is 6.42 Å². The van der Waals surface area contributed by atoms with E-state index < -0.39 is 17.6 Å². The molecule has 0 spiro atoms. The summed E-state index contributed by atoms with van der Waals surface area (Å²) in [6, 6.07) is -0.499. The first-order chi connectivity index (χ1) is 6.44. The first-order valence-corrected chi connectivity index (χ1v) is 5.32. The largest absolute Gasteiger partial charge is 0.479 e. The van der Waals surface area contributed by atoms with Crippen LogP contribution in [-0.2, 0) is 9.59 Å². The van der Waals surface area contributed by atoms with Crippen LogP contribution in [0.1, 0.15) is 13.3 Å². The fourth-order valence-corrected chi connectivity index (χ4v) is 4.47. The molecule has 0 aromatic carbocycles. The van der Waals surface area contributed by atoms with E-state index in [0.717, 1.165) is 0 Å². The van der Waals surface area contributed by atoms with Crippen molar-refractivity contribution >= 4 is 23.6 Å². The number of nitrogens with two attached hydrogens (primary N) is 1. The molecule has 4 atom stereocenters. The summed E-state index contributed by atoms with van der Waals surface area (Å²) in [7, 11) is 0. The van der Waals surface area contributed by atoms with Crippen molar-refractivity contribution in [1.29, 1.82) is 0 Å². The monoisotopic (exact) mass is 214 g/mol. The van der Waals surface area contributed by atoms with Crippen LogP contribution >= 0.6 is 11.8 Å². The minimum Gasteiger partial charge on any atom is -0.479 e. The number of fused-ring (bicyclic) bond motifs is 3. The van der Waals surface area contributed by atoms with Gasteiger partial charge in [0.05, 0.1) is 4.75 Å². The molecular formula is C8H10N2O3S. The van der Waals surface area contributed by atoms with E-state index in [2.05, 4.69) is 0 Å². The normalized spacial score (nSPS) is 53.6. The highest BCUT2D eigenvalue weighted by Crippen LogP contribution is 2.71. The lowest BCUT2D eigenvalue weighted by molar-refractivity contribution is -0.161. The maximum atomic E-state index is 11.5. The molecular weight excluding hydrogens is 204 g/mol. The third kappa shape index (κ3) is 0.577. The van der Waals surface area contributed by atoms with Gasteiger partial charge in [0.1, 0.15) is 11.4 Å². The van der Waals surface area contributed by atoms with Crippen LogP contribution in [-0.4, -0.2) is 43.6 Å². The van der Waals surface area contributed by atoms with Crippen LogP contribution in [0.5, 0.6) is 0 Å². The summed E-state index contributed by atoms with van der Waals surface area (Å²) in [5, 5.41) is 9.04. The molecule has 0 aromatic rings. The smallest absolute Gasteiger partial charge is 0.331 e. The van der Waals surface area contributed by atoms with Crippen LogP contribution in [0.4, 0.5) is 0 Å². The molecule has 0 aromatic heterocycles. The van der Waals surface area contributed by atoms with Crippen LogP contribution in [0.15, 0.2) is 0 Å². The summed E-state index contributed by atoms with van der Waals surface area (Å²) >= 11 is 1.53. The Balaban J connectivity index is 2.03. The average Bonchev–Trinajstić information content (AvgIpc) is 2.65. The van der Waals surface area contributed by atoms with Gasteiger partial charge < -0.3 is 15.7 Å². The zero-order valence-electron chi connectivity index (χ0n) is 7.56. The Morgan fingerprint density at radius 3 is 3.00 bits per heavy atom. The molecule has 3 fully saturated rings. The molecule has 76 valence electrons. The Hall–Kier alpha value is -0.750. The average molecular weight is 214 g/mol. The van der Waals surface area contributed by atoms with Crippen LogP contribution < -0.4 is 5.73 Å². The fraction of sp³-hybridized carbons (Fsp3) is 0.750. The Labute approximate surface area is 84.6 Å². The summed E-state index contributed by atoms with van der Waals surface area (Å²) in [6.45, 7) is 1.89. The summed E-state index contributed by atoms with van der Waals surface area (Å²) in [6.07, 6.45) is 0.551. The van der Waals surface area contributed by atoms with E-state index in [0.29, 0.717) is 6.42 Å². The van der Waals surface area contributed by atoms with Gasteiger partial charge in [0.2, 0.25) is 5.91 Å². The predicted molar refractivity (Wildman–Crippen MR) is 49.6 cm³/mol. The first-order valence-electron chi connectivity index (χ1n) is 4.44. The van der Waals surface area contributed by atoms with Crippen molar-refractivity contribution in [3.8, 4) is 0 Å². The Morgan fingerprint density at radius 2 is 2.43 bits per heavy atom. The molecule has 2 saturated heterocycles. The summed E-state index contributed by atoms with van der Waals surface area (Å²) in [4.78, 5) is 24.1. The number of aliphatic carboxylic acids is 1. The molecule has 3 N–H and O–H groups in total. The topological polar surface area (TPSA) is 83.6 Å². The number of hydrogen-bond donors (Lipinski definition) is 2. The molecule has 14 heavy (non-hydrogen) atoms. The molecule has 0 radical (unpaired) electrons. The predicted octanol–water partition coefficient (Wildman–Crippen LogP) is -0.785. The zero-order chi connectivity index (χ0) is 10.3. The molecule has 0 bridgehead atoms. The van der Waals surface area contributed by atoms with Gasteiger partial charge in [0.15, 0.2) is 5.54 Å².